The fraction of sp³-hybridized carbons (Fsp3) is 0.923. The van der Waals surface area contributed by atoms with Crippen molar-refractivity contribution in [3.05, 3.63) is 0 Å². The largest absolute Gasteiger partial charge is 0.377 e. The van der Waals surface area contributed by atoms with Gasteiger partial charge >= 0.3 is 0 Å². The maximum atomic E-state index is 11.7. The molecule has 1 unspecified atom stereocenters. The molecule has 3 N–H and O–H groups in total. The van der Waals surface area contributed by atoms with Crippen LogP contribution in [0.25, 0.3) is 0 Å². The SMILES string of the molecule is CCOC(CN)CC(=O)NCC1(CC)CCC1. The van der Waals surface area contributed by atoms with E-state index in [0.29, 0.717) is 25.0 Å². The molecule has 0 aromatic carbocycles. The highest BCUT2D eigenvalue weighted by atomic mass is 16.5. The van der Waals surface area contributed by atoms with Gasteiger partial charge in [0.1, 0.15) is 0 Å². The average Bonchev–Trinajstić information content (AvgIpc) is 2.27. The van der Waals surface area contributed by atoms with Gasteiger partial charge in [-0.15, -0.1) is 0 Å². The molecule has 17 heavy (non-hydrogen) atoms. The van der Waals surface area contributed by atoms with Crippen molar-refractivity contribution in [1.29, 1.82) is 0 Å². The van der Waals surface area contributed by atoms with Gasteiger partial charge in [0.05, 0.1) is 12.5 Å². The van der Waals surface area contributed by atoms with E-state index in [9.17, 15) is 4.79 Å². The van der Waals surface area contributed by atoms with Crippen molar-refractivity contribution in [3.63, 3.8) is 0 Å². The third kappa shape index (κ3) is 4.28. The Morgan fingerprint density at radius 1 is 1.47 bits per heavy atom. The molecule has 1 aliphatic rings. The Kier molecular flexibility index (Phi) is 5.92. The average molecular weight is 242 g/mol. The molecule has 0 radical (unpaired) electrons. The van der Waals surface area contributed by atoms with E-state index >= 15 is 0 Å². The Morgan fingerprint density at radius 2 is 2.18 bits per heavy atom. The Balaban J connectivity index is 2.24. The van der Waals surface area contributed by atoms with Crippen molar-refractivity contribution in [2.45, 2.75) is 52.1 Å². The normalized spacial score (nSPS) is 19.5. The fourth-order valence-electron chi connectivity index (χ4n) is 2.34. The summed E-state index contributed by atoms with van der Waals surface area (Å²) in [6.07, 6.45) is 5.18. The van der Waals surface area contributed by atoms with Gasteiger partial charge in [0.25, 0.3) is 0 Å². The molecule has 0 heterocycles. The third-order valence-electron chi connectivity index (χ3n) is 3.90. The van der Waals surface area contributed by atoms with Gasteiger partial charge in [-0.05, 0) is 31.6 Å². The summed E-state index contributed by atoms with van der Waals surface area (Å²) in [5, 5.41) is 3.03. The zero-order chi connectivity index (χ0) is 12.7. The van der Waals surface area contributed by atoms with Crippen LogP contribution >= 0.6 is 0 Å². The zero-order valence-electron chi connectivity index (χ0n) is 11.1. The van der Waals surface area contributed by atoms with Gasteiger partial charge in [0.2, 0.25) is 5.91 Å². The molecule has 1 fully saturated rings. The van der Waals surface area contributed by atoms with Crippen molar-refractivity contribution in [3.8, 4) is 0 Å². The molecule has 1 aliphatic carbocycles. The summed E-state index contributed by atoms with van der Waals surface area (Å²) in [6.45, 7) is 5.94. The number of amides is 1. The van der Waals surface area contributed by atoms with E-state index in [4.69, 9.17) is 10.5 Å². The van der Waals surface area contributed by atoms with E-state index in [2.05, 4.69) is 12.2 Å². The number of nitrogens with one attached hydrogen (secondary N) is 1. The second-order valence-corrected chi connectivity index (χ2v) is 5.00. The summed E-state index contributed by atoms with van der Waals surface area (Å²) in [5.41, 5.74) is 5.92. The second kappa shape index (κ2) is 6.97. The van der Waals surface area contributed by atoms with Crippen LogP contribution < -0.4 is 11.1 Å². The van der Waals surface area contributed by atoms with Crippen LogP contribution in [-0.2, 0) is 9.53 Å². The highest BCUT2D eigenvalue weighted by Gasteiger charge is 2.35. The van der Waals surface area contributed by atoms with Crippen LogP contribution in [0.15, 0.2) is 0 Å². The molecule has 1 amide bonds. The van der Waals surface area contributed by atoms with Gasteiger partial charge in [-0.25, -0.2) is 0 Å². The highest BCUT2D eigenvalue weighted by molar-refractivity contribution is 5.76. The first-order chi connectivity index (χ1) is 8.15. The van der Waals surface area contributed by atoms with E-state index in [-0.39, 0.29) is 12.0 Å². The molecule has 1 rings (SSSR count). The van der Waals surface area contributed by atoms with Crippen LogP contribution in [0.3, 0.4) is 0 Å². The predicted octanol–water partition coefficient (Wildman–Crippen LogP) is 1.44. The van der Waals surface area contributed by atoms with E-state index < -0.39 is 0 Å². The second-order valence-electron chi connectivity index (χ2n) is 5.00. The topological polar surface area (TPSA) is 64.3 Å². The van der Waals surface area contributed by atoms with Crippen LogP contribution in [0.4, 0.5) is 0 Å². The summed E-state index contributed by atoms with van der Waals surface area (Å²) >= 11 is 0. The van der Waals surface area contributed by atoms with Crippen molar-refractivity contribution in [1.82, 2.24) is 5.32 Å². The molecule has 0 aromatic heterocycles. The Morgan fingerprint density at radius 3 is 2.59 bits per heavy atom. The number of hydrogen-bond donors (Lipinski definition) is 2. The minimum atomic E-state index is -0.140. The van der Waals surface area contributed by atoms with Gasteiger partial charge in [0.15, 0.2) is 0 Å². The Bertz CT molecular complexity index is 234. The molecule has 0 bridgehead atoms. The van der Waals surface area contributed by atoms with Crippen LogP contribution in [0, 0.1) is 5.41 Å². The van der Waals surface area contributed by atoms with E-state index in [1.54, 1.807) is 0 Å². The molecular formula is C13H26N2O2. The quantitative estimate of drug-likeness (QED) is 0.677. The standard InChI is InChI=1S/C13H26N2O2/c1-3-13(6-5-7-13)10-15-12(16)8-11(9-14)17-4-2/h11H,3-10,14H2,1-2H3,(H,15,16). The first-order valence-corrected chi connectivity index (χ1v) is 6.74. The first-order valence-electron chi connectivity index (χ1n) is 6.74. The number of nitrogens with two attached hydrogens (primary N) is 1. The highest BCUT2D eigenvalue weighted by Crippen LogP contribution is 2.42. The Labute approximate surface area is 104 Å². The fourth-order valence-corrected chi connectivity index (χ4v) is 2.34. The third-order valence-corrected chi connectivity index (χ3v) is 3.90. The predicted molar refractivity (Wildman–Crippen MR) is 68.7 cm³/mol. The van der Waals surface area contributed by atoms with Gasteiger partial charge < -0.3 is 15.8 Å². The van der Waals surface area contributed by atoms with Crippen LogP contribution in [0.1, 0.15) is 46.0 Å². The first kappa shape index (κ1) is 14.5. The maximum absolute atomic E-state index is 11.7. The molecule has 100 valence electrons. The smallest absolute Gasteiger partial charge is 0.222 e. The van der Waals surface area contributed by atoms with Gasteiger partial charge in [-0.3, -0.25) is 4.79 Å². The minimum Gasteiger partial charge on any atom is -0.377 e. The molecule has 0 aliphatic heterocycles. The van der Waals surface area contributed by atoms with Crippen molar-refractivity contribution < 1.29 is 9.53 Å². The molecule has 1 saturated carbocycles. The van der Waals surface area contributed by atoms with Gasteiger partial charge in [-0.2, -0.15) is 0 Å². The summed E-state index contributed by atoms with van der Waals surface area (Å²) in [4.78, 5) is 11.7. The number of rotatable bonds is 8. The molecule has 0 saturated heterocycles. The van der Waals surface area contributed by atoms with Gasteiger partial charge in [-0.1, -0.05) is 13.3 Å². The van der Waals surface area contributed by atoms with Crippen LogP contribution in [0.5, 0.6) is 0 Å². The van der Waals surface area contributed by atoms with Crippen LogP contribution in [-0.4, -0.2) is 31.7 Å². The minimum absolute atomic E-state index is 0.0635. The van der Waals surface area contributed by atoms with E-state index in [1.165, 1.54) is 19.3 Å². The lowest BCUT2D eigenvalue weighted by Gasteiger charge is -2.41. The zero-order valence-corrected chi connectivity index (χ0v) is 11.1. The van der Waals surface area contributed by atoms with Crippen molar-refractivity contribution in [2.75, 3.05) is 19.7 Å². The Hall–Kier alpha value is -0.610. The molecule has 1 atom stereocenters. The summed E-state index contributed by atoms with van der Waals surface area (Å²) in [6, 6.07) is 0. The number of ether oxygens (including phenoxy) is 1. The maximum Gasteiger partial charge on any atom is 0.222 e. The monoisotopic (exact) mass is 242 g/mol. The van der Waals surface area contributed by atoms with E-state index in [0.717, 1.165) is 13.0 Å². The molecule has 0 spiro atoms. The lowest BCUT2D eigenvalue weighted by atomic mass is 9.67. The van der Waals surface area contributed by atoms with E-state index in [1.807, 2.05) is 6.92 Å². The van der Waals surface area contributed by atoms with Crippen LogP contribution in [0.2, 0.25) is 0 Å². The summed E-state index contributed by atoms with van der Waals surface area (Å²) < 4.78 is 5.37. The lowest BCUT2D eigenvalue weighted by molar-refractivity contribution is -0.124. The number of carbonyl (C=O) groups is 1. The summed E-state index contributed by atoms with van der Waals surface area (Å²) in [7, 11) is 0. The summed E-state index contributed by atoms with van der Waals surface area (Å²) in [5.74, 6) is 0.0635. The molecule has 4 heteroatoms. The number of carbonyl (C=O) groups excluding carboxylic acids is 1. The number of hydrogen-bond acceptors (Lipinski definition) is 3. The van der Waals surface area contributed by atoms with Crippen molar-refractivity contribution in [2.24, 2.45) is 11.1 Å². The molecule has 0 aromatic rings. The molecule has 4 nitrogen and oxygen atoms in total. The lowest BCUT2D eigenvalue weighted by Crippen LogP contribution is -2.43. The molecular weight excluding hydrogens is 216 g/mol. The van der Waals surface area contributed by atoms with Crippen molar-refractivity contribution >= 4 is 5.91 Å². The van der Waals surface area contributed by atoms with Gasteiger partial charge in [0, 0.05) is 19.7 Å².